The number of aliphatic hydroxyl groups is 1. The summed E-state index contributed by atoms with van der Waals surface area (Å²) in [7, 11) is 0.128. The molecule has 3 atom stereocenters. The molecule has 11 heteroatoms. The number of likely N-dealkylation sites (tertiary alicyclic amines) is 1. The Balaban J connectivity index is 1.41. The van der Waals surface area contributed by atoms with Gasteiger partial charge in [0.1, 0.15) is 17.6 Å². The van der Waals surface area contributed by atoms with Crippen molar-refractivity contribution in [1.82, 2.24) is 10.2 Å². The van der Waals surface area contributed by atoms with Crippen molar-refractivity contribution in [2.75, 3.05) is 27.4 Å². The van der Waals surface area contributed by atoms with Crippen LogP contribution in [0.25, 0.3) is 0 Å². The normalized spacial score (nSPS) is 16.0. The fraction of sp³-hybridized carbons (Fsp3) is 0.366. The number of amides is 2. The number of hydrogen-bond acceptors (Lipinski definition) is 6. The standard InChI is InChI=1S/C41H48F2N2O6Si/c1-41(2,3)52(33-12-8-6-9-13-33,34-14-10-7-11-15-34)51-27-31(44-39(47)37(46)23-28-16-19-35(42)36(43)22-28)24-29-20-21-45(40(29)48)26-30-17-18-32(49-4)25-38(30)50-5/h6-19,22,25,29,31,37,46H,20-21,23-24,26-27H2,1-5H3,(H,44,47)/t29-,31-,37+/m0/s1. The molecule has 2 N–H and O–H groups in total. The maximum Gasteiger partial charge on any atom is 0.261 e. The van der Waals surface area contributed by atoms with E-state index in [2.05, 4.69) is 50.4 Å². The minimum atomic E-state index is -3.03. The van der Waals surface area contributed by atoms with Gasteiger partial charge in [-0.15, -0.1) is 0 Å². The van der Waals surface area contributed by atoms with Crippen LogP contribution >= 0.6 is 0 Å². The molecule has 0 radical (unpaired) electrons. The first-order chi connectivity index (χ1) is 24.9. The molecule has 5 rings (SSSR count). The molecule has 2 amide bonds. The first-order valence-electron chi connectivity index (χ1n) is 17.5. The lowest BCUT2D eigenvalue weighted by Crippen LogP contribution is -2.67. The van der Waals surface area contributed by atoms with Crippen LogP contribution in [0, 0.1) is 17.6 Å². The second kappa shape index (κ2) is 16.8. The van der Waals surface area contributed by atoms with Crippen molar-refractivity contribution in [2.45, 2.75) is 63.8 Å². The van der Waals surface area contributed by atoms with Gasteiger partial charge in [-0.3, -0.25) is 9.59 Å². The minimum absolute atomic E-state index is 0.0510. The molecule has 52 heavy (non-hydrogen) atoms. The van der Waals surface area contributed by atoms with Gasteiger partial charge in [-0.05, 0) is 58.1 Å². The van der Waals surface area contributed by atoms with Crippen molar-refractivity contribution in [2.24, 2.45) is 5.92 Å². The minimum Gasteiger partial charge on any atom is -0.497 e. The SMILES string of the molecule is COc1ccc(CN2CC[C@@H](C[C@@H](CO[Si](c3ccccc3)(c3ccccc3)C(C)(C)C)NC(=O)[C@H](O)Cc3ccc(F)c(F)c3)C2=O)c(OC)c1. The number of carbonyl (C=O) groups excluding carboxylic acids is 2. The Bertz CT molecular complexity index is 1780. The first-order valence-corrected chi connectivity index (χ1v) is 19.4. The average Bonchev–Trinajstić information content (AvgIpc) is 3.47. The molecule has 1 fully saturated rings. The van der Waals surface area contributed by atoms with Crippen molar-refractivity contribution < 1.29 is 37.4 Å². The third-order valence-corrected chi connectivity index (χ3v) is 14.8. The number of hydrogen-bond donors (Lipinski definition) is 2. The highest BCUT2D eigenvalue weighted by molar-refractivity contribution is 6.99. The fourth-order valence-corrected chi connectivity index (χ4v) is 11.8. The number of rotatable bonds is 15. The van der Waals surface area contributed by atoms with Gasteiger partial charge in [-0.1, -0.05) is 87.5 Å². The summed E-state index contributed by atoms with van der Waals surface area (Å²) in [5, 5.41) is 15.7. The Labute approximate surface area is 305 Å². The van der Waals surface area contributed by atoms with Crippen LogP contribution in [0.1, 0.15) is 44.7 Å². The smallest absolute Gasteiger partial charge is 0.261 e. The topological polar surface area (TPSA) is 97.3 Å². The van der Waals surface area contributed by atoms with E-state index in [1.807, 2.05) is 48.5 Å². The highest BCUT2D eigenvalue weighted by Crippen LogP contribution is 2.37. The monoisotopic (exact) mass is 730 g/mol. The van der Waals surface area contributed by atoms with Crippen molar-refractivity contribution in [3.63, 3.8) is 0 Å². The Hall–Kier alpha value is -4.58. The summed E-state index contributed by atoms with van der Waals surface area (Å²) in [6.07, 6.45) is -0.916. The third kappa shape index (κ3) is 8.71. The molecule has 0 spiro atoms. The van der Waals surface area contributed by atoms with E-state index in [0.717, 1.165) is 28.1 Å². The number of halogens is 2. The zero-order valence-electron chi connectivity index (χ0n) is 30.4. The van der Waals surface area contributed by atoms with Crippen molar-refractivity contribution in [1.29, 1.82) is 0 Å². The molecule has 4 aromatic rings. The van der Waals surface area contributed by atoms with Crippen LogP contribution in [-0.2, 0) is 27.0 Å². The van der Waals surface area contributed by atoms with E-state index in [4.69, 9.17) is 13.9 Å². The van der Waals surface area contributed by atoms with E-state index in [0.29, 0.717) is 31.0 Å². The summed E-state index contributed by atoms with van der Waals surface area (Å²) in [6, 6.07) is 28.3. The molecule has 1 aliphatic heterocycles. The lowest BCUT2D eigenvalue weighted by molar-refractivity contribution is -0.133. The van der Waals surface area contributed by atoms with Crippen molar-refractivity contribution in [3.8, 4) is 11.5 Å². The lowest BCUT2D eigenvalue weighted by Gasteiger charge is -2.44. The fourth-order valence-electron chi connectivity index (χ4n) is 7.15. The van der Waals surface area contributed by atoms with Gasteiger partial charge in [-0.25, -0.2) is 8.78 Å². The van der Waals surface area contributed by atoms with E-state index >= 15 is 0 Å². The summed E-state index contributed by atoms with van der Waals surface area (Å²) < 4.78 is 45.5. The number of nitrogens with one attached hydrogen (secondary N) is 1. The van der Waals surface area contributed by atoms with Crippen molar-refractivity contribution >= 4 is 30.5 Å². The molecule has 4 aromatic carbocycles. The molecule has 0 bridgehead atoms. The van der Waals surface area contributed by atoms with Crippen LogP contribution in [0.2, 0.25) is 5.04 Å². The number of methoxy groups -OCH3 is 2. The number of nitrogens with zero attached hydrogens (tertiary/aromatic N) is 1. The second-order valence-electron chi connectivity index (χ2n) is 14.3. The number of aliphatic hydroxyl groups excluding tert-OH is 1. The van der Waals surface area contributed by atoms with Crippen LogP contribution in [0.4, 0.5) is 8.78 Å². The summed E-state index contributed by atoms with van der Waals surface area (Å²) in [5.41, 5.74) is 1.12. The Kier molecular flexibility index (Phi) is 12.5. The molecule has 1 aliphatic rings. The van der Waals surface area contributed by atoms with Gasteiger partial charge >= 0.3 is 0 Å². The van der Waals surface area contributed by atoms with E-state index in [-0.39, 0.29) is 36.0 Å². The van der Waals surface area contributed by atoms with Crippen molar-refractivity contribution in [3.05, 3.63) is 120 Å². The van der Waals surface area contributed by atoms with Crippen LogP contribution in [0.5, 0.6) is 11.5 Å². The Morgan fingerprint density at radius 1 is 0.923 bits per heavy atom. The second-order valence-corrected chi connectivity index (χ2v) is 18.6. The van der Waals surface area contributed by atoms with Crippen LogP contribution < -0.4 is 25.2 Å². The van der Waals surface area contributed by atoms with Crippen LogP contribution in [0.15, 0.2) is 97.1 Å². The van der Waals surface area contributed by atoms with Gasteiger partial charge in [0, 0.05) is 37.1 Å². The van der Waals surface area contributed by atoms with Gasteiger partial charge in [0.2, 0.25) is 11.8 Å². The molecule has 0 unspecified atom stereocenters. The maximum absolute atomic E-state index is 13.9. The van der Waals surface area contributed by atoms with Crippen LogP contribution in [0.3, 0.4) is 0 Å². The van der Waals surface area contributed by atoms with Gasteiger partial charge in [0.25, 0.3) is 8.32 Å². The quantitative estimate of drug-likeness (QED) is 0.160. The molecule has 1 saturated heterocycles. The van der Waals surface area contributed by atoms with Crippen LogP contribution in [-0.4, -0.2) is 69.7 Å². The summed E-state index contributed by atoms with van der Waals surface area (Å²) in [6.45, 7) is 7.42. The maximum atomic E-state index is 13.9. The molecule has 0 aromatic heterocycles. The molecular formula is C41H48F2N2O6Si. The largest absolute Gasteiger partial charge is 0.497 e. The average molecular weight is 731 g/mol. The number of carbonyl (C=O) groups is 2. The van der Waals surface area contributed by atoms with Gasteiger partial charge in [-0.2, -0.15) is 0 Å². The molecular weight excluding hydrogens is 683 g/mol. The summed E-state index contributed by atoms with van der Waals surface area (Å²) in [5.74, 6) is -1.95. The zero-order valence-corrected chi connectivity index (χ0v) is 31.4. The molecule has 276 valence electrons. The van der Waals surface area contributed by atoms with Gasteiger partial charge < -0.3 is 29.2 Å². The number of benzene rings is 4. The number of ether oxygens (including phenoxy) is 2. The highest BCUT2D eigenvalue weighted by Gasteiger charge is 2.50. The predicted molar refractivity (Wildman–Crippen MR) is 199 cm³/mol. The molecule has 0 saturated carbocycles. The van der Waals surface area contributed by atoms with Gasteiger partial charge in [0.05, 0.1) is 26.9 Å². The first kappa shape index (κ1) is 38.6. The van der Waals surface area contributed by atoms with E-state index in [1.54, 1.807) is 25.2 Å². The predicted octanol–water partition coefficient (Wildman–Crippen LogP) is 5.39. The lowest BCUT2D eigenvalue weighted by atomic mass is 9.98. The summed E-state index contributed by atoms with van der Waals surface area (Å²) >= 11 is 0. The molecule has 0 aliphatic carbocycles. The summed E-state index contributed by atoms with van der Waals surface area (Å²) in [4.78, 5) is 29.2. The Morgan fingerprint density at radius 3 is 2.15 bits per heavy atom. The van der Waals surface area contributed by atoms with E-state index < -0.39 is 43.9 Å². The van der Waals surface area contributed by atoms with E-state index in [9.17, 15) is 23.5 Å². The molecule has 1 heterocycles. The highest BCUT2D eigenvalue weighted by atomic mass is 28.4. The molecule has 8 nitrogen and oxygen atoms in total. The third-order valence-electron chi connectivity index (χ3n) is 9.81. The van der Waals surface area contributed by atoms with E-state index in [1.165, 1.54) is 6.07 Å². The van der Waals surface area contributed by atoms with Gasteiger partial charge in [0.15, 0.2) is 11.6 Å². The Morgan fingerprint density at radius 2 is 1.58 bits per heavy atom. The zero-order chi connectivity index (χ0) is 37.5.